The molecule has 8 rings (SSSR count). The van der Waals surface area contributed by atoms with Gasteiger partial charge in [-0.2, -0.15) is 5.10 Å². The predicted molar refractivity (Wildman–Crippen MR) is 208 cm³/mol. The van der Waals surface area contributed by atoms with Crippen LogP contribution in [0.3, 0.4) is 0 Å². The smallest absolute Gasteiger partial charge is 0.264 e. The van der Waals surface area contributed by atoms with Crippen LogP contribution >= 0.6 is 0 Å². The molecule has 9 nitrogen and oxygen atoms in total. The van der Waals surface area contributed by atoms with Crippen molar-refractivity contribution in [3.8, 4) is 0 Å². The average molecular weight is 745 g/mol. The summed E-state index contributed by atoms with van der Waals surface area (Å²) in [6.45, 7) is 5.50. The van der Waals surface area contributed by atoms with Crippen LogP contribution in [0.5, 0.6) is 0 Å². The molecule has 1 N–H and O–H groups in total. The lowest BCUT2D eigenvalue weighted by Gasteiger charge is -2.37. The Kier molecular flexibility index (Phi) is 9.36. The van der Waals surface area contributed by atoms with E-state index >= 15 is 4.11 Å². The Labute approximate surface area is 316 Å². The van der Waals surface area contributed by atoms with Crippen molar-refractivity contribution in [3.63, 3.8) is 0 Å². The number of carbonyl (C=O) groups is 3. The first kappa shape index (κ1) is 36.0. The number of para-hydroxylation sites is 1. The van der Waals surface area contributed by atoms with Crippen LogP contribution in [0.2, 0.25) is 18.6 Å². The molecule has 1 saturated heterocycles. The maximum absolute atomic E-state index is 16.5. The Bertz CT molecular complexity index is 2140. The summed E-state index contributed by atoms with van der Waals surface area (Å²) in [6, 6.07) is 32.3. The van der Waals surface area contributed by atoms with Crippen LogP contribution in [0.25, 0.3) is 0 Å². The van der Waals surface area contributed by atoms with E-state index in [0.717, 1.165) is 28.0 Å². The highest BCUT2D eigenvalue weighted by molar-refractivity contribution is 6.72. The number of amides is 3. The lowest BCUT2D eigenvalue weighted by Crippen LogP contribution is -2.48. The molecule has 1 spiro atoms. The quantitative estimate of drug-likeness (QED) is 0.157. The van der Waals surface area contributed by atoms with Gasteiger partial charge in [0, 0.05) is 36.4 Å². The molecule has 1 fully saturated rings. The normalized spacial score (nSPS) is 25.2. The fourth-order valence-corrected chi connectivity index (χ4v) is 11.7. The van der Waals surface area contributed by atoms with Crippen molar-refractivity contribution < 1.29 is 28.3 Å². The van der Waals surface area contributed by atoms with E-state index in [1.54, 1.807) is 22.9 Å². The maximum Gasteiger partial charge on any atom is 0.264 e. The second-order valence-electron chi connectivity index (χ2n) is 15.5. The highest BCUT2D eigenvalue weighted by atomic mass is 28.4. The SMILES string of the molecule is C[C@H]1[C@H]([Si](C)(C)F)[C@@H](CC(=O)N2Cc3ccccc3C[C@H]2CO)O[C@]12C(=O)N(Cc1cccc(N3N=C(c4ccccc4)CCC3=O)c1)c1ccccc12. The number of aliphatic hydroxyl groups is 1. The molecule has 0 radical (unpaired) electrons. The lowest BCUT2D eigenvalue weighted by atomic mass is 9.82. The fourth-order valence-electron chi connectivity index (χ4n) is 9.25. The molecule has 54 heavy (non-hydrogen) atoms. The second-order valence-corrected chi connectivity index (χ2v) is 19.3. The average Bonchev–Trinajstić information content (AvgIpc) is 3.60. The first-order valence-electron chi connectivity index (χ1n) is 18.8. The highest BCUT2D eigenvalue weighted by Gasteiger charge is 2.67. The fraction of sp³-hybridized carbons (Fsp3) is 0.349. The molecule has 4 aromatic rings. The number of hydrogen-bond acceptors (Lipinski definition) is 6. The minimum Gasteiger partial charge on any atom is -0.394 e. The number of ether oxygens (including phenoxy) is 1. The molecule has 0 aromatic heterocycles. The van der Waals surface area contributed by atoms with E-state index in [2.05, 4.69) is 0 Å². The standard InChI is InChI=1S/C43H45FN4O5Si/c1-28-41(54(2,3)44)38(24-40(51)46-26-32-16-8-7-15-31(32)23-34(46)27-49)53-43(28)35-18-9-10-19-37(35)47(42(43)52)25-29-12-11-17-33(22-29)48-39(50)21-20-36(45-48)30-13-5-4-6-14-30/h4-19,22,28,34,38,41,49H,20-21,23-27H2,1-3H3/t28-,34-,38+,41-,43+/m0/s1. The number of aliphatic hydroxyl groups excluding tert-OH is 1. The van der Waals surface area contributed by atoms with Crippen molar-refractivity contribution in [3.05, 3.63) is 131 Å². The lowest BCUT2D eigenvalue weighted by molar-refractivity contribution is -0.151. The second kappa shape index (κ2) is 14.0. The summed E-state index contributed by atoms with van der Waals surface area (Å²) in [7, 11) is -3.52. The Balaban J connectivity index is 1.09. The predicted octanol–water partition coefficient (Wildman–Crippen LogP) is 6.88. The number of halogens is 1. The Hall–Kier alpha value is -4.97. The van der Waals surface area contributed by atoms with E-state index in [9.17, 15) is 19.5 Å². The Morgan fingerprint density at radius 2 is 1.67 bits per heavy atom. The molecule has 4 aliphatic rings. The van der Waals surface area contributed by atoms with Crippen LogP contribution in [-0.2, 0) is 44.2 Å². The largest absolute Gasteiger partial charge is 0.394 e. The van der Waals surface area contributed by atoms with Crippen LogP contribution < -0.4 is 9.91 Å². The topological polar surface area (TPSA) is 103 Å². The third kappa shape index (κ3) is 6.17. The molecule has 4 aromatic carbocycles. The van der Waals surface area contributed by atoms with Gasteiger partial charge in [0.25, 0.3) is 5.91 Å². The van der Waals surface area contributed by atoms with Crippen LogP contribution in [0, 0.1) is 5.92 Å². The van der Waals surface area contributed by atoms with Gasteiger partial charge in [-0.05, 0) is 60.0 Å². The van der Waals surface area contributed by atoms with E-state index in [1.165, 1.54) is 5.01 Å². The van der Waals surface area contributed by atoms with Gasteiger partial charge >= 0.3 is 0 Å². The van der Waals surface area contributed by atoms with Crippen LogP contribution in [0.1, 0.15) is 54.0 Å². The number of carbonyl (C=O) groups excluding carboxylic acids is 3. The summed E-state index contributed by atoms with van der Waals surface area (Å²) in [5.74, 6) is -1.18. The molecule has 5 atom stereocenters. The van der Waals surface area contributed by atoms with E-state index in [-0.39, 0.29) is 37.3 Å². The molecule has 4 aliphatic heterocycles. The number of nitrogens with zero attached hydrogens (tertiary/aromatic N) is 4. The Morgan fingerprint density at radius 1 is 0.944 bits per heavy atom. The summed E-state index contributed by atoms with van der Waals surface area (Å²) in [4.78, 5) is 45.6. The minimum absolute atomic E-state index is 0.0946. The zero-order valence-electron chi connectivity index (χ0n) is 30.8. The third-order valence-electron chi connectivity index (χ3n) is 11.8. The first-order valence-corrected chi connectivity index (χ1v) is 21.7. The summed E-state index contributed by atoms with van der Waals surface area (Å²) in [6.07, 6.45) is 0.489. The minimum atomic E-state index is -3.52. The van der Waals surface area contributed by atoms with Crippen molar-refractivity contribution in [2.75, 3.05) is 16.5 Å². The van der Waals surface area contributed by atoms with Crippen LogP contribution in [0.4, 0.5) is 15.5 Å². The van der Waals surface area contributed by atoms with Crippen LogP contribution in [0.15, 0.2) is 108 Å². The summed E-state index contributed by atoms with van der Waals surface area (Å²) >= 11 is 0. The number of hydrogen-bond donors (Lipinski definition) is 1. The van der Waals surface area contributed by atoms with Crippen molar-refractivity contribution >= 4 is 43.2 Å². The van der Waals surface area contributed by atoms with Gasteiger partial charge in [0.1, 0.15) is 0 Å². The van der Waals surface area contributed by atoms with Crippen molar-refractivity contribution in [1.82, 2.24) is 4.90 Å². The van der Waals surface area contributed by atoms with E-state index in [4.69, 9.17) is 9.84 Å². The van der Waals surface area contributed by atoms with Crippen molar-refractivity contribution in [2.24, 2.45) is 11.0 Å². The maximum atomic E-state index is 16.5. The Morgan fingerprint density at radius 3 is 2.43 bits per heavy atom. The van der Waals surface area contributed by atoms with E-state index in [1.807, 2.05) is 110 Å². The van der Waals surface area contributed by atoms with Gasteiger partial charge in [-0.1, -0.05) is 91.9 Å². The molecule has 3 amide bonds. The van der Waals surface area contributed by atoms with Crippen molar-refractivity contribution in [1.29, 1.82) is 0 Å². The third-order valence-corrected chi connectivity index (χ3v) is 14.2. The van der Waals surface area contributed by atoms with Gasteiger partial charge in [-0.15, -0.1) is 0 Å². The number of anilines is 2. The molecular weight excluding hydrogens is 700 g/mol. The number of benzene rings is 4. The molecule has 11 heteroatoms. The summed E-state index contributed by atoms with van der Waals surface area (Å²) in [5.41, 5.74) is 4.54. The zero-order valence-corrected chi connectivity index (χ0v) is 31.8. The molecule has 0 saturated carbocycles. The zero-order chi connectivity index (χ0) is 37.8. The van der Waals surface area contributed by atoms with Crippen LogP contribution in [-0.4, -0.2) is 60.6 Å². The molecule has 0 aliphatic carbocycles. The molecular formula is C43H45FN4O5Si. The monoisotopic (exact) mass is 744 g/mol. The number of hydrazone groups is 1. The van der Waals surface area contributed by atoms with Gasteiger partial charge in [-0.3, -0.25) is 14.4 Å². The number of fused-ring (bicyclic) bond motifs is 3. The van der Waals surface area contributed by atoms with Gasteiger partial charge in [0.15, 0.2) is 5.60 Å². The highest BCUT2D eigenvalue weighted by Crippen LogP contribution is 2.60. The molecule has 0 bridgehead atoms. The van der Waals surface area contributed by atoms with E-state index in [0.29, 0.717) is 42.7 Å². The van der Waals surface area contributed by atoms with Gasteiger partial charge in [0.2, 0.25) is 20.2 Å². The van der Waals surface area contributed by atoms with E-state index < -0.39 is 37.6 Å². The van der Waals surface area contributed by atoms with Gasteiger partial charge in [0.05, 0.1) is 48.8 Å². The van der Waals surface area contributed by atoms with Crippen molar-refractivity contribution in [2.45, 2.75) is 82.1 Å². The summed E-state index contributed by atoms with van der Waals surface area (Å²) < 4.78 is 23.4. The van der Waals surface area contributed by atoms with Gasteiger partial charge < -0.3 is 23.8 Å². The number of rotatable bonds is 8. The molecule has 278 valence electrons. The molecule has 0 unspecified atom stereocenters. The molecule has 4 heterocycles. The van der Waals surface area contributed by atoms with Gasteiger partial charge in [-0.25, -0.2) is 5.01 Å². The summed E-state index contributed by atoms with van der Waals surface area (Å²) in [5, 5.41) is 16.5. The first-order chi connectivity index (χ1) is 26.0.